The lowest BCUT2D eigenvalue weighted by molar-refractivity contribution is 0.323. The molecule has 1 aliphatic heterocycles. The number of halogens is 1. The quantitative estimate of drug-likeness (QED) is 0.870. The van der Waals surface area contributed by atoms with Crippen LogP contribution in [0.4, 0.5) is 4.39 Å². The summed E-state index contributed by atoms with van der Waals surface area (Å²) in [6.07, 6.45) is 1.47. The third kappa shape index (κ3) is 2.71. The van der Waals surface area contributed by atoms with E-state index in [2.05, 4.69) is 22.0 Å². The van der Waals surface area contributed by atoms with Gasteiger partial charge in [0.15, 0.2) is 0 Å². The molecule has 1 aromatic carbocycles. The van der Waals surface area contributed by atoms with Crippen molar-refractivity contribution in [3.63, 3.8) is 0 Å². The van der Waals surface area contributed by atoms with Crippen molar-refractivity contribution in [2.75, 3.05) is 13.1 Å². The second-order valence-electron chi connectivity index (χ2n) is 5.33. The Bertz CT molecular complexity index is 573. The number of benzene rings is 1. The topological polar surface area (TPSA) is 42.1 Å². The molecule has 2 atom stereocenters. The first kappa shape index (κ1) is 13.2. The highest BCUT2D eigenvalue weighted by Crippen LogP contribution is 2.28. The molecule has 0 radical (unpaired) electrons. The molecule has 2 aromatic rings. The van der Waals surface area contributed by atoms with Crippen LogP contribution in [0, 0.1) is 5.95 Å². The maximum atomic E-state index is 13.8. The molecule has 0 aliphatic carbocycles. The van der Waals surface area contributed by atoms with Crippen molar-refractivity contribution in [3.05, 3.63) is 65.7 Å². The maximum absolute atomic E-state index is 13.8. The summed E-state index contributed by atoms with van der Waals surface area (Å²) < 4.78 is 13.8. The van der Waals surface area contributed by atoms with Crippen LogP contribution < -0.4 is 5.73 Å². The molecule has 2 heterocycles. The van der Waals surface area contributed by atoms with Crippen LogP contribution in [0.1, 0.15) is 17.0 Å². The van der Waals surface area contributed by atoms with Crippen molar-refractivity contribution in [3.8, 4) is 0 Å². The predicted molar refractivity (Wildman–Crippen MR) is 76.6 cm³/mol. The van der Waals surface area contributed by atoms with Gasteiger partial charge >= 0.3 is 0 Å². The number of hydrogen-bond acceptors (Lipinski definition) is 3. The Morgan fingerprint density at radius 2 is 1.95 bits per heavy atom. The van der Waals surface area contributed by atoms with Crippen molar-refractivity contribution in [2.45, 2.75) is 18.5 Å². The van der Waals surface area contributed by atoms with Crippen LogP contribution in [-0.2, 0) is 6.54 Å². The SMILES string of the molecule is NC1CN(Cc2ccccc2)CC1c1cccnc1F. The van der Waals surface area contributed by atoms with Gasteiger partial charge in [0.1, 0.15) is 0 Å². The minimum Gasteiger partial charge on any atom is -0.326 e. The summed E-state index contributed by atoms with van der Waals surface area (Å²) in [6, 6.07) is 13.8. The van der Waals surface area contributed by atoms with Crippen LogP contribution in [0.25, 0.3) is 0 Å². The Morgan fingerprint density at radius 3 is 2.70 bits per heavy atom. The Labute approximate surface area is 118 Å². The molecule has 20 heavy (non-hydrogen) atoms. The van der Waals surface area contributed by atoms with Gasteiger partial charge in [0, 0.05) is 43.4 Å². The number of hydrogen-bond donors (Lipinski definition) is 1. The summed E-state index contributed by atoms with van der Waals surface area (Å²) in [7, 11) is 0. The van der Waals surface area contributed by atoms with Gasteiger partial charge in [-0.2, -0.15) is 4.39 Å². The van der Waals surface area contributed by atoms with E-state index in [1.165, 1.54) is 11.8 Å². The first-order valence-electron chi connectivity index (χ1n) is 6.86. The molecule has 1 aliphatic rings. The molecule has 3 nitrogen and oxygen atoms in total. The van der Waals surface area contributed by atoms with Gasteiger partial charge in [0.05, 0.1) is 0 Å². The minimum absolute atomic E-state index is 0.0208. The molecule has 0 saturated carbocycles. The number of nitrogens with zero attached hydrogens (tertiary/aromatic N) is 2. The zero-order valence-electron chi connectivity index (χ0n) is 11.2. The largest absolute Gasteiger partial charge is 0.326 e. The number of aromatic nitrogens is 1. The van der Waals surface area contributed by atoms with Crippen molar-refractivity contribution in [1.29, 1.82) is 0 Å². The molecular weight excluding hydrogens is 253 g/mol. The summed E-state index contributed by atoms with van der Waals surface area (Å²) in [6.45, 7) is 2.42. The second-order valence-corrected chi connectivity index (χ2v) is 5.33. The van der Waals surface area contributed by atoms with Gasteiger partial charge in [-0.1, -0.05) is 36.4 Å². The van der Waals surface area contributed by atoms with E-state index in [0.29, 0.717) is 5.56 Å². The summed E-state index contributed by atoms with van der Waals surface area (Å²) >= 11 is 0. The monoisotopic (exact) mass is 271 g/mol. The van der Waals surface area contributed by atoms with Gasteiger partial charge in [0.2, 0.25) is 5.95 Å². The van der Waals surface area contributed by atoms with Crippen LogP contribution in [-0.4, -0.2) is 29.0 Å². The molecule has 4 heteroatoms. The van der Waals surface area contributed by atoms with E-state index in [9.17, 15) is 4.39 Å². The predicted octanol–water partition coefficient (Wildman–Crippen LogP) is 2.15. The Balaban J connectivity index is 1.73. The summed E-state index contributed by atoms with van der Waals surface area (Å²) in [5.41, 5.74) is 8.08. The van der Waals surface area contributed by atoms with Gasteiger partial charge in [-0.15, -0.1) is 0 Å². The van der Waals surface area contributed by atoms with Crippen molar-refractivity contribution >= 4 is 0 Å². The Kier molecular flexibility index (Phi) is 3.76. The molecule has 0 amide bonds. The van der Waals surface area contributed by atoms with E-state index in [1.807, 2.05) is 18.2 Å². The Morgan fingerprint density at radius 1 is 1.15 bits per heavy atom. The van der Waals surface area contributed by atoms with E-state index in [-0.39, 0.29) is 12.0 Å². The fourth-order valence-corrected chi connectivity index (χ4v) is 2.89. The average Bonchev–Trinajstić information content (AvgIpc) is 2.81. The standard InChI is InChI=1S/C16H18FN3/c17-16-13(7-4-8-19-16)14-10-20(11-15(14)18)9-12-5-2-1-3-6-12/h1-8,14-15H,9-11,18H2. The van der Waals surface area contributed by atoms with E-state index in [0.717, 1.165) is 19.6 Å². The van der Waals surface area contributed by atoms with Crippen molar-refractivity contribution in [1.82, 2.24) is 9.88 Å². The number of pyridine rings is 1. The second kappa shape index (κ2) is 5.69. The van der Waals surface area contributed by atoms with Gasteiger partial charge in [-0.05, 0) is 11.6 Å². The normalized spacial score (nSPS) is 23.1. The van der Waals surface area contributed by atoms with Crippen molar-refractivity contribution < 1.29 is 4.39 Å². The molecule has 3 rings (SSSR count). The molecule has 0 spiro atoms. The summed E-state index contributed by atoms with van der Waals surface area (Å²) in [5.74, 6) is -0.373. The molecule has 1 fully saturated rings. The van der Waals surface area contributed by atoms with Gasteiger partial charge in [-0.3, -0.25) is 4.90 Å². The van der Waals surface area contributed by atoms with Crippen molar-refractivity contribution in [2.24, 2.45) is 5.73 Å². The highest BCUT2D eigenvalue weighted by atomic mass is 19.1. The molecule has 2 unspecified atom stereocenters. The lowest BCUT2D eigenvalue weighted by atomic mass is 9.96. The molecule has 1 aromatic heterocycles. The smallest absolute Gasteiger partial charge is 0.216 e. The lowest BCUT2D eigenvalue weighted by Crippen LogP contribution is -2.29. The average molecular weight is 271 g/mol. The fourth-order valence-electron chi connectivity index (χ4n) is 2.89. The lowest BCUT2D eigenvalue weighted by Gasteiger charge is -2.16. The molecule has 1 saturated heterocycles. The van der Waals surface area contributed by atoms with Crippen LogP contribution in [0.5, 0.6) is 0 Å². The summed E-state index contributed by atoms with van der Waals surface area (Å²) in [4.78, 5) is 6.00. The maximum Gasteiger partial charge on any atom is 0.216 e. The molecule has 0 bridgehead atoms. The van der Waals surface area contributed by atoms with E-state index < -0.39 is 5.95 Å². The van der Waals surface area contributed by atoms with Crippen LogP contribution in [0.3, 0.4) is 0 Å². The number of rotatable bonds is 3. The van der Waals surface area contributed by atoms with Gasteiger partial charge < -0.3 is 5.73 Å². The van der Waals surface area contributed by atoms with Gasteiger partial charge in [-0.25, -0.2) is 4.98 Å². The molecular formula is C16H18FN3. The van der Waals surface area contributed by atoms with Crippen LogP contribution in [0.15, 0.2) is 48.7 Å². The zero-order chi connectivity index (χ0) is 13.9. The van der Waals surface area contributed by atoms with Crippen LogP contribution in [0.2, 0.25) is 0 Å². The van der Waals surface area contributed by atoms with E-state index in [4.69, 9.17) is 5.73 Å². The molecule has 104 valence electrons. The Hall–Kier alpha value is -1.78. The molecule has 2 N–H and O–H groups in total. The fraction of sp³-hybridized carbons (Fsp3) is 0.312. The minimum atomic E-state index is -0.394. The number of likely N-dealkylation sites (tertiary alicyclic amines) is 1. The van der Waals surface area contributed by atoms with Gasteiger partial charge in [0.25, 0.3) is 0 Å². The number of nitrogens with two attached hydrogens (primary N) is 1. The third-order valence-corrected chi connectivity index (χ3v) is 3.88. The third-order valence-electron chi connectivity index (χ3n) is 3.88. The first-order chi connectivity index (χ1) is 9.74. The van der Waals surface area contributed by atoms with Crippen LogP contribution >= 0.6 is 0 Å². The zero-order valence-corrected chi connectivity index (χ0v) is 11.2. The summed E-state index contributed by atoms with van der Waals surface area (Å²) in [5, 5.41) is 0. The van der Waals surface area contributed by atoms with E-state index >= 15 is 0 Å². The highest BCUT2D eigenvalue weighted by molar-refractivity contribution is 5.22. The highest BCUT2D eigenvalue weighted by Gasteiger charge is 2.32. The van der Waals surface area contributed by atoms with E-state index in [1.54, 1.807) is 12.1 Å². The first-order valence-corrected chi connectivity index (χ1v) is 6.86.